The fourth-order valence-electron chi connectivity index (χ4n) is 2.99. The van der Waals surface area contributed by atoms with Crippen LogP contribution in [0, 0.1) is 10.1 Å². The highest BCUT2D eigenvalue weighted by Crippen LogP contribution is 2.16. The van der Waals surface area contributed by atoms with Crippen LogP contribution in [0.1, 0.15) is 77.2 Å². The topological polar surface area (TPSA) is 55.6 Å². The van der Waals surface area contributed by atoms with Crippen molar-refractivity contribution in [1.82, 2.24) is 5.06 Å². The van der Waals surface area contributed by atoms with E-state index in [1.165, 1.54) is 57.4 Å². The number of hydrogen-bond acceptors (Lipinski definition) is 4. The molecule has 0 aliphatic heterocycles. The molecular weight excluding hydrogens is 316 g/mol. The summed E-state index contributed by atoms with van der Waals surface area (Å²) in [6.07, 6.45) is 11.8. The lowest BCUT2D eigenvalue weighted by molar-refractivity contribution is -0.385. The molecule has 0 fully saturated rings. The van der Waals surface area contributed by atoms with Crippen LogP contribution in [-0.2, 0) is 11.4 Å². The van der Waals surface area contributed by atoms with E-state index in [4.69, 9.17) is 4.84 Å². The van der Waals surface area contributed by atoms with Crippen molar-refractivity contribution in [3.63, 3.8) is 0 Å². The van der Waals surface area contributed by atoms with E-state index < -0.39 is 0 Å². The number of hydrogen-bond donors (Lipinski definition) is 0. The molecule has 0 bridgehead atoms. The lowest BCUT2D eigenvalue weighted by Crippen LogP contribution is -2.24. The second kappa shape index (κ2) is 12.8. The molecule has 0 aromatic heterocycles. The number of benzene rings is 1. The molecule has 5 nitrogen and oxygen atoms in total. The second-order valence-electron chi connectivity index (χ2n) is 6.89. The van der Waals surface area contributed by atoms with Gasteiger partial charge in [-0.2, -0.15) is 5.06 Å². The van der Waals surface area contributed by atoms with Crippen LogP contribution in [0.15, 0.2) is 24.3 Å². The summed E-state index contributed by atoms with van der Waals surface area (Å²) < 4.78 is 0. The smallest absolute Gasteiger partial charge is 0.269 e. The molecule has 0 heterocycles. The van der Waals surface area contributed by atoms with Crippen LogP contribution in [0.5, 0.6) is 0 Å². The number of nitro groups is 1. The van der Waals surface area contributed by atoms with Crippen LogP contribution in [0.2, 0.25) is 0 Å². The van der Waals surface area contributed by atoms with Gasteiger partial charge in [-0.1, -0.05) is 70.4 Å². The van der Waals surface area contributed by atoms with Crippen molar-refractivity contribution in [2.45, 2.75) is 84.3 Å². The summed E-state index contributed by atoms with van der Waals surface area (Å²) in [6.45, 7) is 4.88. The Balaban J connectivity index is 2.16. The van der Waals surface area contributed by atoms with Gasteiger partial charge in [-0.15, -0.1) is 0 Å². The van der Waals surface area contributed by atoms with Gasteiger partial charge in [0, 0.05) is 25.7 Å². The first-order valence-corrected chi connectivity index (χ1v) is 9.64. The van der Waals surface area contributed by atoms with Crippen LogP contribution in [0.3, 0.4) is 0 Å². The summed E-state index contributed by atoms with van der Waals surface area (Å²) in [5, 5.41) is 12.6. The fourth-order valence-corrected chi connectivity index (χ4v) is 2.99. The maximum Gasteiger partial charge on any atom is 0.269 e. The number of unbranched alkanes of at least 4 members (excludes halogenated alkanes) is 7. The van der Waals surface area contributed by atoms with E-state index in [2.05, 4.69) is 13.8 Å². The minimum absolute atomic E-state index is 0.123. The second-order valence-corrected chi connectivity index (χ2v) is 6.89. The number of non-ortho nitro benzene ring substituents is 1. The quantitative estimate of drug-likeness (QED) is 0.239. The highest BCUT2D eigenvalue weighted by Gasteiger charge is 2.10. The molecular formula is C20H34N2O3. The summed E-state index contributed by atoms with van der Waals surface area (Å²) in [5.41, 5.74) is 1.01. The highest BCUT2D eigenvalue weighted by molar-refractivity contribution is 5.34. The molecule has 0 saturated carbocycles. The lowest BCUT2D eigenvalue weighted by Gasteiger charge is -2.21. The van der Waals surface area contributed by atoms with Gasteiger partial charge < -0.3 is 0 Å². The van der Waals surface area contributed by atoms with Gasteiger partial charge in [0.2, 0.25) is 0 Å². The Morgan fingerprint density at radius 1 is 1.12 bits per heavy atom. The van der Waals surface area contributed by atoms with Gasteiger partial charge in [0.15, 0.2) is 0 Å². The van der Waals surface area contributed by atoms with E-state index in [1.54, 1.807) is 17.2 Å². The molecule has 1 atom stereocenters. The summed E-state index contributed by atoms with van der Waals surface area (Å²) in [4.78, 5) is 16.3. The van der Waals surface area contributed by atoms with Crippen molar-refractivity contribution in [2.75, 3.05) is 7.05 Å². The Morgan fingerprint density at radius 2 is 1.76 bits per heavy atom. The summed E-state index contributed by atoms with van der Waals surface area (Å²) in [6, 6.07) is 6.71. The molecule has 1 aromatic rings. The Kier molecular flexibility index (Phi) is 11.1. The molecule has 5 heteroatoms. The van der Waals surface area contributed by atoms with Crippen molar-refractivity contribution in [1.29, 1.82) is 0 Å². The number of nitro benzene ring substituents is 1. The largest absolute Gasteiger partial charge is 0.296 e. The fraction of sp³-hybridized carbons (Fsp3) is 0.700. The Bertz CT molecular complexity index is 494. The van der Waals surface area contributed by atoms with Gasteiger partial charge in [-0.25, -0.2) is 0 Å². The van der Waals surface area contributed by atoms with Gasteiger partial charge in [0.1, 0.15) is 0 Å². The monoisotopic (exact) mass is 350 g/mol. The van der Waals surface area contributed by atoms with E-state index in [0.717, 1.165) is 12.0 Å². The average Bonchev–Trinajstić information content (AvgIpc) is 2.57. The zero-order valence-electron chi connectivity index (χ0n) is 16.1. The first-order valence-electron chi connectivity index (χ1n) is 9.64. The van der Waals surface area contributed by atoms with Crippen LogP contribution >= 0.6 is 0 Å². The molecule has 1 aromatic carbocycles. The van der Waals surface area contributed by atoms with Gasteiger partial charge in [0.05, 0.1) is 11.0 Å². The molecule has 0 amide bonds. The van der Waals surface area contributed by atoms with Gasteiger partial charge in [-0.05, 0) is 18.9 Å². The number of hydroxylamine groups is 2. The van der Waals surface area contributed by atoms with Crippen molar-refractivity contribution in [2.24, 2.45) is 0 Å². The molecule has 0 N–H and O–H groups in total. The van der Waals surface area contributed by atoms with Crippen molar-refractivity contribution in [3.8, 4) is 0 Å². The van der Waals surface area contributed by atoms with Gasteiger partial charge in [0.25, 0.3) is 5.69 Å². The minimum atomic E-state index is -0.366. The lowest BCUT2D eigenvalue weighted by atomic mass is 10.1. The van der Waals surface area contributed by atoms with Crippen molar-refractivity contribution in [3.05, 3.63) is 39.9 Å². The van der Waals surface area contributed by atoms with Crippen molar-refractivity contribution >= 4 is 5.69 Å². The molecule has 1 rings (SSSR count). The summed E-state index contributed by atoms with van der Waals surface area (Å²) >= 11 is 0. The molecule has 0 aliphatic carbocycles. The summed E-state index contributed by atoms with van der Waals surface area (Å²) in [5.74, 6) is 0. The molecule has 25 heavy (non-hydrogen) atoms. The molecule has 0 radical (unpaired) electrons. The maximum absolute atomic E-state index is 10.8. The third-order valence-electron chi connectivity index (χ3n) is 4.35. The molecule has 0 saturated heterocycles. The SMILES string of the molecule is CCCCCCCCCCC(C)ON(C)Cc1cccc([N+](=O)[O-])c1. The molecule has 1 unspecified atom stereocenters. The van der Waals surface area contributed by atoms with Crippen LogP contribution in [-0.4, -0.2) is 23.1 Å². The van der Waals surface area contributed by atoms with Crippen LogP contribution in [0.25, 0.3) is 0 Å². The summed E-state index contributed by atoms with van der Waals surface area (Å²) in [7, 11) is 1.88. The Morgan fingerprint density at radius 3 is 2.40 bits per heavy atom. The van der Waals surface area contributed by atoms with E-state index in [0.29, 0.717) is 6.54 Å². The van der Waals surface area contributed by atoms with E-state index in [-0.39, 0.29) is 16.7 Å². The first-order chi connectivity index (χ1) is 12.0. The van der Waals surface area contributed by atoms with Crippen LogP contribution in [0.4, 0.5) is 5.69 Å². The highest BCUT2D eigenvalue weighted by atomic mass is 16.7. The van der Waals surface area contributed by atoms with Gasteiger partial charge in [-0.3, -0.25) is 15.0 Å². The van der Waals surface area contributed by atoms with Crippen molar-refractivity contribution < 1.29 is 9.76 Å². The molecule has 0 spiro atoms. The molecule has 142 valence electrons. The third kappa shape index (κ3) is 10.2. The Hall–Kier alpha value is -1.46. The Labute approximate surface area is 152 Å². The first kappa shape index (κ1) is 21.6. The minimum Gasteiger partial charge on any atom is -0.296 e. The predicted molar refractivity (Wildman–Crippen MR) is 102 cm³/mol. The van der Waals surface area contributed by atoms with E-state index >= 15 is 0 Å². The van der Waals surface area contributed by atoms with E-state index in [1.807, 2.05) is 13.1 Å². The third-order valence-corrected chi connectivity index (χ3v) is 4.35. The van der Waals surface area contributed by atoms with Gasteiger partial charge >= 0.3 is 0 Å². The standard InChI is InChI=1S/C20H34N2O3/c1-4-5-6-7-8-9-10-11-13-18(2)25-21(3)17-19-14-12-15-20(16-19)22(23)24/h12,14-16,18H,4-11,13,17H2,1-3H3. The normalized spacial score (nSPS) is 12.5. The van der Waals surface area contributed by atoms with Crippen LogP contribution < -0.4 is 0 Å². The average molecular weight is 351 g/mol. The predicted octanol–water partition coefficient (Wildman–Crippen LogP) is 5.88. The zero-order chi connectivity index (χ0) is 18.5. The zero-order valence-corrected chi connectivity index (χ0v) is 16.1. The molecule has 0 aliphatic rings. The van der Waals surface area contributed by atoms with E-state index in [9.17, 15) is 10.1 Å². The number of nitrogens with zero attached hydrogens (tertiary/aromatic N) is 2. The number of rotatable bonds is 14. The maximum atomic E-state index is 10.8.